The molecule has 1 aliphatic rings. The van der Waals surface area contributed by atoms with E-state index in [0.717, 1.165) is 6.54 Å². The van der Waals surface area contributed by atoms with E-state index in [1.54, 1.807) is 18.2 Å². The summed E-state index contributed by atoms with van der Waals surface area (Å²) in [7, 11) is -4.28. The molecule has 1 unspecified atom stereocenters. The van der Waals surface area contributed by atoms with E-state index in [1.807, 2.05) is 0 Å². The van der Waals surface area contributed by atoms with Crippen LogP contribution in [0.5, 0.6) is 0 Å². The molecule has 1 aromatic heterocycles. The van der Waals surface area contributed by atoms with Gasteiger partial charge >= 0.3 is 5.97 Å². The minimum absolute atomic E-state index is 0.114. The minimum atomic E-state index is -4.28. The molecular weight excluding hydrogens is 486 g/mol. The zero-order valence-corrected chi connectivity index (χ0v) is 20.1. The summed E-state index contributed by atoms with van der Waals surface area (Å²) in [6.45, 7) is 1.93. The van der Waals surface area contributed by atoms with Gasteiger partial charge in [0.2, 0.25) is 15.7 Å². The lowest BCUT2D eigenvalue weighted by Gasteiger charge is -2.31. The zero-order chi connectivity index (χ0) is 25.6. The summed E-state index contributed by atoms with van der Waals surface area (Å²) in [5.74, 6) is -1.58. The SMILES string of the molecule is O=C(NC(CCCCNC1=NCCN1)(NS(=O)(=O)c1ccccc1)C(=O)O)c1ccc2[nH]ncc2c1. The van der Waals surface area contributed by atoms with Gasteiger partial charge in [-0.05, 0) is 49.6 Å². The highest BCUT2D eigenvalue weighted by Gasteiger charge is 2.44. The molecule has 3 aromatic rings. The van der Waals surface area contributed by atoms with Crippen LogP contribution in [-0.4, -0.2) is 66.9 Å². The van der Waals surface area contributed by atoms with Gasteiger partial charge in [0.05, 0.1) is 23.2 Å². The lowest BCUT2D eigenvalue weighted by molar-refractivity contribution is -0.145. The minimum Gasteiger partial charge on any atom is -0.478 e. The summed E-state index contributed by atoms with van der Waals surface area (Å²) >= 11 is 0. The maximum atomic E-state index is 13.1. The van der Waals surface area contributed by atoms with Crippen LogP contribution in [0.25, 0.3) is 10.9 Å². The average molecular weight is 514 g/mol. The molecule has 4 rings (SSSR count). The Hall–Kier alpha value is -3.97. The van der Waals surface area contributed by atoms with Crippen molar-refractivity contribution in [1.29, 1.82) is 0 Å². The Bertz CT molecular complexity index is 1370. The van der Waals surface area contributed by atoms with Gasteiger partial charge in [0.1, 0.15) is 0 Å². The molecule has 12 nitrogen and oxygen atoms in total. The Morgan fingerprint density at radius 1 is 1.11 bits per heavy atom. The van der Waals surface area contributed by atoms with E-state index in [2.05, 4.69) is 35.9 Å². The van der Waals surface area contributed by atoms with Crippen LogP contribution < -0.4 is 20.7 Å². The van der Waals surface area contributed by atoms with Crippen LogP contribution in [0, 0.1) is 0 Å². The first-order valence-electron chi connectivity index (χ1n) is 11.4. The Kier molecular flexibility index (Phi) is 7.50. The number of hydrogen-bond donors (Lipinski definition) is 6. The maximum Gasteiger partial charge on any atom is 0.345 e. The van der Waals surface area contributed by atoms with Crippen molar-refractivity contribution in [2.24, 2.45) is 4.99 Å². The number of carbonyl (C=O) groups excluding carboxylic acids is 1. The fourth-order valence-corrected chi connectivity index (χ4v) is 5.15. The number of sulfonamides is 1. The van der Waals surface area contributed by atoms with Crippen LogP contribution >= 0.6 is 0 Å². The fourth-order valence-electron chi connectivity index (χ4n) is 3.82. The van der Waals surface area contributed by atoms with Crippen molar-refractivity contribution in [1.82, 2.24) is 30.9 Å². The number of benzene rings is 2. The van der Waals surface area contributed by atoms with E-state index in [0.29, 0.717) is 42.8 Å². The Morgan fingerprint density at radius 3 is 2.64 bits per heavy atom. The van der Waals surface area contributed by atoms with Crippen LogP contribution in [0.1, 0.15) is 29.6 Å². The lowest BCUT2D eigenvalue weighted by Crippen LogP contribution is -2.65. The van der Waals surface area contributed by atoms with Crippen LogP contribution in [-0.2, 0) is 14.8 Å². The molecule has 36 heavy (non-hydrogen) atoms. The van der Waals surface area contributed by atoms with Crippen molar-refractivity contribution >= 4 is 38.8 Å². The highest BCUT2D eigenvalue weighted by molar-refractivity contribution is 7.89. The predicted molar refractivity (Wildman–Crippen MR) is 133 cm³/mol. The number of nitrogens with one attached hydrogen (secondary N) is 5. The predicted octanol–water partition coefficient (Wildman–Crippen LogP) is 0.771. The summed E-state index contributed by atoms with van der Waals surface area (Å²) in [5.41, 5.74) is -1.41. The number of rotatable bonds is 11. The molecule has 6 N–H and O–H groups in total. The molecule has 0 aliphatic carbocycles. The maximum absolute atomic E-state index is 13.1. The molecule has 0 bridgehead atoms. The van der Waals surface area contributed by atoms with E-state index in [-0.39, 0.29) is 16.9 Å². The molecule has 0 radical (unpaired) electrons. The first-order valence-corrected chi connectivity index (χ1v) is 12.9. The number of aliphatic carboxylic acids is 1. The average Bonchev–Trinajstić information content (AvgIpc) is 3.55. The molecule has 1 amide bonds. The summed E-state index contributed by atoms with van der Waals surface area (Å²) in [4.78, 5) is 29.8. The molecule has 1 atom stereocenters. The van der Waals surface area contributed by atoms with Crippen molar-refractivity contribution in [2.45, 2.75) is 29.8 Å². The lowest BCUT2D eigenvalue weighted by atomic mass is 10.0. The molecule has 0 spiro atoms. The van der Waals surface area contributed by atoms with Gasteiger partial charge in [-0.3, -0.25) is 14.9 Å². The molecular formula is C23H27N7O5S. The quantitative estimate of drug-likeness (QED) is 0.161. The summed E-state index contributed by atoms with van der Waals surface area (Å²) in [5, 5.41) is 26.2. The zero-order valence-electron chi connectivity index (χ0n) is 19.3. The van der Waals surface area contributed by atoms with Gasteiger partial charge in [-0.15, -0.1) is 0 Å². The third-order valence-electron chi connectivity index (χ3n) is 5.70. The van der Waals surface area contributed by atoms with Gasteiger partial charge < -0.3 is 21.1 Å². The summed E-state index contributed by atoms with van der Waals surface area (Å²) in [6, 6.07) is 12.1. The summed E-state index contributed by atoms with van der Waals surface area (Å²) in [6.07, 6.45) is 2.16. The molecule has 13 heteroatoms. The second kappa shape index (κ2) is 10.7. The van der Waals surface area contributed by atoms with Crippen molar-refractivity contribution in [2.75, 3.05) is 19.6 Å². The molecule has 190 valence electrons. The highest BCUT2D eigenvalue weighted by atomic mass is 32.2. The molecule has 1 aliphatic heterocycles. The monoisotopic (exact) mass is 513 g/mol. The van der Waals surface area contributed by atoms with Gasteiger partial charge in [-0.2, -0.15) is 9.82 Å². The number of aromatic amines is 1. The van der Waals surface area contributed by atoms with Crippen molar-refractivity contribution in [3.63, 3.8) is 0 Å². The number of carboxylic acid groups (broad SMARTS) is 1. The van der Waals surface area contributed by atoms with Gasteiger partial charge in [0, 0.05) is 24.0 Å². The van der Waals surface area contributed by atoms with Gasteiger partial charge in [-0.25, -0.2) is 13.2 Å². The second-order valence-electron chi connectivity index (χ2n) is 8.30. The number of amides is 1. The van der Waals surface area contributed by atoms with Crippen LogP contribution in [0.3, 0.4) is 0 Å². The van der Waals surface area contributed by atoms with Gasteiger partial charge in [0.25, 0.3) is 5.91 Å². The van der Waals surface area contributed by atoms with E-state index in [4.69, 9.17) is 0 Å². The number of fused-ring (bicyclic) bond motifs is 1. The number of H-pyrrole nitrogens is 1. The number of nitrogens with zero attached hydrogens (tertiary/aromatic N) is 2. The van der Waals surface area contributed by atoms with Crippen molar-refractivity contribution in [3.8, 4) is 0 Å². The second-order valence-corrected chi connectivity index (χ2v) is 9.98. The molecule has 2 aromatic carbocycles. The molecule has 0 fully saturated rings. The number of unbranched alkanes of at least 4 members (excludes halogenated alkanes) is 1. The first kappa shape index (κ1) is 25.1. The standard InChI is InChI=1S/C23H27N7O5S/c31-20(16-8-9-19-17(14-16)15-27-29-19)28-23(21(32)33,10-4-5-11-24-22-25-12-13-26-22)30-36(34,35)18-6-2-1-3-7-18/h1-3,6-9,14-15,30H,4-5,10-13H2,(H,27,29)(H,28,31)(H,32,33)(H2,24,25,26). The number of aromatic nitrogens is 2. The largest absolute Gasteiger partial charge is 0.478 e. The van der Waals surface area contributed by atoms with Crippen LogP contribution in [0.15, 0.2) is 64.6 Å². The molecule has 0 saturated carbocycles. The fraction of sp³-hybridized carbons (Fsp3) is 0.304. The van der Waals surface area contributed by atoms with Crippen LogP contribution in [0.4, 0.5) is 0 Å². The van der Waals surface area contributed by atoms with E-state index >= 15 is 0 Å². The van der Waals surface area contributed by atoms with E-state index in [1.165, 1.54) is 36.5 Å². The molecule has 0 saturated heterocycles. The topological polar surface area (TPSA) is 178 Å². The van der Waals surface area contributed by atoms with E-state index < -0.39 is 27.6 Å². The van der Waals surface area contributed by atoms with Crippen molar-refractivity contribution < 1.29 is 23.1 Å². The van der Waals surface area contributed by atoms with Gasteiger partial charge in [0.15, 0.2) is 5.96 Å². The summed E-state index contributed by atoms with van der Waals surface area (Å²) < 4.78 is 28.5. The Labute approximate surface area is 207 Å². The normalized spacial score (nSPS) is 15.1. The number of hydrogen-bond acceptors (Lipinski definition) is 8. The number of guanidine groups is 1. The third kappa shape index (κ3) is 5.80. The van der Waals surface area contributed by atoms with Crippen molar-refractivity contribution in [3.05, 3.63) is 60.3 Å². The smallest absolute Gasteiger partial charge is 0.345 e. The van der Waals surface area contributed by atoms with Crippen LogP contribution in [0.2, 0.25) is 0 Å². The molecule has 2 heterocycles. The number of aliphatic imine (C=N–C) groups is 1. The third-order valence-corrected chi connectivity index (χ3v) is 7.21. The Balaban J connectivity index is 1.55. The number of carboxylic acids is 1. The highest BCUT2D eigenvalue weighted by Crippen LogP contribution is 2.20. The first-order chi connectivity index (χ1) is 17.3. The van der Waals surface area contributed by atoms with Gasteiger partial charge in [-0.1, -0.05) is 18.2 Å². The Morgan fingerprint density at radius 2 is 1.92 bits per heavy atom. The van der Waals surface area contributed by atoms with E-state index in [9.17, 15) is 23.1 Å². The number of carbonyl (C=O) groups is 2.